The van der Waals surface area contributed by atoms with Gasteiger partial charge in [0, 0.05) is 31.7 Å². The molecule has 0 aromatic carbocycles. The third-order valence-corrected chi connectivity index (χ3v) is 4.99. The molecule has 2 aliphatic rings. The molecule has 0 radical (unpaired) electrons. The second-order valence-corrected chi connectivity index (χ2v) is 6.90. The Morgan fingerprint density at radius 1 is 1.19 bits per heavy atom. The van der Waals surface area contributed by atoms with Crippen LogP contribution in [-0.2, 0) is 0 Å². The molecule has 2 aliphatic heterocycles. The highest BCUT2D eigenvalue weighted by molar-refractivity contribution is 7.99. The van der Waals surface area contributed by atoms with Crippen LogP contribution in [0, 0.1) is 5.92 Å². The minimum Gasteiger partial charge on any atom is -0.314 e. The number of hydrogen-bond acceptors (Lipinski definition) is 3. The van der Waals surface area contributed by atoms with Crippen LogP contribution in [0.15, 0.2) is 0 Å². The van der Waals surface area contributed by atoms with Crippen LogP contribution in [0.25, 0.3) is 0 Å². The highest BCUT2D eigenvalue weighted by Gasteiger charge is 2.38. The first-order valence-corrected chi connectivity index (χ1v) is 7.92. The Kier molecular flexibility index (Phi) is 4.57. The van der Waals surface area contributed by atoms with Crippen molar-refractivity contribution in [3.05, 3.63) is 0 Å². The molecule has 0 bridgehead atoms. The van der Waals surface area contributed by atoms with Gasteiger partial charge in [0.05, 0.1) is 0 Å². The number of nitrogens with one attached hydrogen (secondary N) is 1. The Bertz CT molecular complexity index is 206. The number of piperazine rings is 1. The Morgan fingerprint density at radius 3 is 2.38 bits per heavy atom. The van der Waals surface area contributed by atoms with Gasteiger partial charge in [0.2, 0.25) is 0 Å². The molecule has 2 saturated heterocycles. The van der Waals surface area contributed by atoms with E-state index in [1.807, 2.05) is 0 Å². The van der Waals surface area contributed by atoms with Gasteiger partial charge in [-0.05, 0) is 36.7 Å². The van der Waals surface area contributed by atoms with Gasteiger partial charge in [-0.3, -0.25) is 4.90 Å². The fourth-order valence-electron chi connectivity index (χ4n) is 3.30. The molecule has 0 spiro atoms. The van der Waals surface area contributed by atoms with E-state index in [2.05, 4.69) is 35.8 Å². The van der Waals surface area contributed by atoms with E-state index in [4.69, 9.17) is 0 Å². The van der Waals surface area contributed by atoms with E-state index in [-0.39, 0.29) is 0 Å². The molecular formula is C13H26N2S. The molecule has 1 N–H and O–H groups in total. The first kappa shape index (κ1) is 12.7. The molecule has 94 valence electrons. The maximum atomic E-state index is 3.48. The van der Waals surface area contributed by atoms with Crippen LogP contribution in [0.1, 0.15) is 33.1 Å². The normalized spacial score (nSPS) is 27.2. The van der Waals surface area contributed by atoms with Crippen LogP contribution in [0.4, 0.5) is 0 Å². The average Bonchev–Trinajstić information content (AvgIpc) is 2.30. The fraction of sp³-hybridized carbons (Fsp3) is 1.00. The van der Waals surface area contributed by atoms with Gasteiger partial charge in [0.1, 0.15) is 0 Å². The van der Waals surface area contributed by atoms with Gasteiger partial charge in [-0.2, -0.15) is 11.8 Å². The van der Waals surface area contributed by atoms with Crippen molar-refractivity contribution in [1.29, 1.82) is 0 Å². The van der Waals surface area contributed by atoms with Crippen molar-refractivity contribution in [2.75, 3.05) is 37.7 Å². The number of nitrogens with zero attached hydrogens (tertiary/aromatic N) is 1. The van der Waals surface area contributed by atoms with Gasteiger partial charge >= 0.3 is 0 Å². The summed E-state index contributed by atoms with van der Waals surface area (Å²) in [5, 5.41) is 3.48. The summed E-state index contributed by atoms with van der Waals surface area (Å²) in [6.07, 6.45) is 4.22. The van der Waals surface area contributed by atoms with Crippen molar-refractivity contribution in [1.82, 2.24) is 10.2 Å². The maximum absolute atomic E-state index is 3.48. The molecule has 2 heterocycles. The molecule has 3 heteroatoms. The molecule has 2 fully saturated rings. The minimum atomic E-state index is 0.543. The van der Waals surface area contributed by atoms with Crippen LogP contribution in [0.5, 0.6) is 0 Å². The van der Waals surface area contributed by atoms with Crippen molar-refractivity contribution in [2.45, 2.75) is 38.6 Å². The number of rotatable bonds is 3. The molecular weight excluding hydrogens is 216 g/mol. The summed E-state index contributed by atoms with van der Waals surface area (Å²) in [6.45, 7) is 9.66. The van der Waals surface area contributed by atoms with E-state index in [1.165, 1.54) is 56.9 Å². The minimum absolute atomic E-state index is 0.543. The summed E-state index contributed by atoms with van der Waals surface area (Å²) in [5.41, 5.74) is 0.543. The topological polar surface area (TPSA) is 15.3 Å². The van der Waals surface area contributed by atoms with E-state index in [9.17, 15) is 0 Å². The van der Waals surface area contributed by atoms with Crippen LogP contribution in [-0.4, -0.2) is 48.1 Å². The Labute approximate surface area is 105 Å². The molecule has 0 aromatic rings. The zero-order valence-electron chi connectivity index (χ0n) is 10.8. The van der Waals surface area contributed by atoms with Crippen LogP contribution >= 0.6 is 11.8 Å². The van der Waals surface area contributed by atoms with E-state index >= 15 is 0 Å². The second-order valence-electron chi connectivity index (χ2n) is 5.67. The van der Waals surface area contributed by atoms with E-state index in [0.717, 1.165) is 5.92 Å². The molecule has 0 aliphatic carbocycles. The van der Waals surface area contributed by atoms with Crippen molar-refractivity contribution in [3.8, 4) is 0 Å². The first-order chi connectivity index (χ1) is 7.73. The van der Waals surface area contributed by atoms with Gasteiger partial charge in [-0.25, -0.2) is 0 Å². The summed E-state index contributed by atoms with van der Waals surface area (Å²) in [4.78, 5) is 2.79. The van der Waals surface area contributed by atoms with Gasteiger partial charge in [0.15, 0.2) is 0 Å². The average molecular weight is 242 g/mol. The SMILES string of the molecule is CC(C)CC1(N2CCNCC2)CCSCC1. The summed E-state index contributed by atoms with van der Waals surface area (Å²) in [7, 11) is 0. The molecule has 0 atom stereocenters. The van der Waals surface area contributed by atoms with Gasteiger partial charge in [0.25, 0.3) is 0 Å². The lowest BCUT2D eigenvalue weighted by Crippen LogP contribution is -2.58. The van der Waals surface area contributed by atoms with Crippen molar-refractivity contribution in [2.24, 2.45) is 5.92 Å². The van der Waals surface area contributed by atoms with Gasteiger partial charge in [-0.1, -0.05) is 13.8 Å². The monoisotopic (exact) mass is 242 g/mol. The molecule has 0 aromatic heterocycles. The maximum Gasteiger partial charge on any atom is 0.0228 e. The molecule has 0 unspecified atom stereocenters. The smallest absolute Gasteiger partial charge is 0.0228 e. The second kappa shape index (κ2) is 5.74. The lowest BCUT2D eigenvalue weighted by Gasteiger charge is -2.49. The quantitative estimate of drug-likeness (QED) is 0.817. The number of thioether (sulfide) groups is 1. The highest BCUT2D eigenvalue weighted by Crippen LogP contribution is 2.37. The molecule has 0 saturated carbocycles. The van der Waals surface area contributed by atoms with Gasteiger partial charge < -0.3 is 5.32 Å². The standard InChI is InChI=1S/C13H26N2S/c1-12(2)11-13(3-9-16-10-4-13)15-7-5-14-6-8-15/h12,14H,3-11H2,1-2H3. The summed E-state index contributed by atoms with van der Waals surface area (Å²) < 4.78 is 0. The summed E-state index contributed by atoms with van der Waals surface area (Å²) in [5.74, 6) is 3.57. The lowest BCUT2D eigenvalue weighted by atomic mass is 9.81. The van der Waals surface area contributed by atoms with E-state index < -0.39 is 0 Å². The highest BCUT2D eigenvalue weighted by atomic mass is 32.2. The van der Waals surface area contributed by atoms with Crippen molar-refractivity contribution >= 4 is 11.8 Å². The molecule has 16 heavy (non-hydrogen) atoms. The molecule has 2 rings (SSSR count). The van der Waals surface area contributed by atoms with Crippen LogP contribution < -0.4 is 5.32 Å². The molecule has 0 amide bonds. The van der Waals surface area contributed by atoms with E-state index in [0.29, 0.717) is 5.54 Å². The predicted octanol–water partition coefficient (Wildman–Crippen LogP) is 2.20. The third kappa shape index (κ3) is 2.93. The number of hydrogen-bond donors (Lipinski definition) is 1. The van der Waals surface area contributed by atoms with Crippen molar-refractivity contribution in [3.63, 3.8) is 0 Å². The predicted molar refractivity (Wildman–Crippen MR) is 73.2 cm³/mol. The first-order valence-electron chi connectivity index (χ1n) is 6.76. The Balaban J connectivity index is 2.05. The van der Waals surface area contributed by atoms with E-state index in [1.54, 1.807) is 0 Å². The zero-order chi connectivity index (χ0) is 11.4. The zero-order valence-corrected chi connectivity index (χ0v) is 11.6. The van der Waals surface area contributed by atoms with Gasteiger partial charge in [-0.15, -0.1) is 0 Å². The summed E-state index contributed by atoms with van der Waals surface area (Å²) in [6, 6.07) is 0. The van der Waals surface area contributed by atoms with Crippen molar-refractivity contribution < 1.29 is 0 Å². The lowest BCUT2D eigenvalue weighted by molar-refractivity contribution is 0.0462. The Morgan fingerprint density at radius 2 is 1.81 bits per heavy atom. The summed E-state index contributed by atoms with van der Waals surface area (Å²) >= 11 is 2.15. The molecule has 2 nitrogen and oxygen atoms in total. The largest absolute Gasteiger partial charge is 0.314 e. The third-order valence-electron chi connectivity index (χ3n) is 4.00. The van der Waals surface area contributed by atoms with Crippen LogP contribution in [0.2, 0.25) is 0 Å². The Hall–Kier alpha value is 0.270. The van der Waals surface area contributed by atoms with Crippen LogP contribution in [0.3, 0.4) is 0 Å². The fourth-order valence-corrected chi connectivity index (χ4v) is 4.55.